The summed E-state index contributed by atoms with van der Waals surface area (Å²) >= 11 is 7.72. The zero-order valence-corrected chi connectivity index (χ0v) is 20.1. The number of carbonyl (C=O) groups excluding carboxylic acids is 2. The molecule has 1 saturated heterocycles. The average Bonchev–Trinajstić information content (AvgIpc) is 2.85. The van der Waals surface area contributed by atoms with E-state index in [0.29, 0.717) is 18.2 Å². The monoisotopic (exact) mass is 508 g/mol. The number of nitrogens with zero attached hydrogens (tertiary/aromatic N) is 1. The molecular formula is C26H21ClN2O5S. The smallest absolute Gasteiger partial charge is 0.333 e. The van der Waals surface area contributed by atoms with Crippen molar-refractivity contribution in [1.29, 1.82) is 0 Å². The Morgan fingerprint density at radius 2 is 1.89 bits per heavy atom. The molecule has 7 nitrogen and oxygen atoms in total. The third-order valence-corrected chi connectivity index (χ3v) is 6.80. The minimum Gasteiger partial charge on any atom is -0.436 e. The largest absolute Gasteiger partial charge is 0.436 e. The van der Waals surface area contributed by atoms with Gasteiger partial charge in [0, 0.05) is 46.8 Å². The maximum atomic E-state index is 12.2. The predicted octanol–water partition coefficient (Wildman–Crippen LogP) is 4.39. The summed E-state index contributed by atoms with van der Waals surface area (Å²) in [5.41, 5.74) is 2.84. The summed E-state index contributed by atoms with van der Waals surface area (Å²) in [6, 6.07) is 19.4. The van der Waals surface area contributed by atoms with Crippen LogP contribution >= 0.6 is 23.4 Å². The van der Waals surface area contributed by atoms with Gasteiger partial charge < -0.3 is 14.2 Å². The molecule has 2 aliphatic heterocycles. The summed E-state index contributed by atoms with van der Waals surface area (Å²) in [5.74, 6) is -2.75. The first kappa shape index (κ1) is 23.6. The number of hydrogen-bond acceptors (Lipinski definition) is 8. The molecule has 0 amide bonds. The van der Waals surface area contributed by atoms with E-state index in [1.807, 2.05) is 60.7 Å². The first-order valence-electron chi connectivity index (χ1n) is 11.0. The maximum absolute atomic E-state index is 12.2. The molecule has 1 aromatic heterocycles. The first-order chi connectivity index (χ1) is 17.0. The van der Waals surface area contributed by atoms with Crippen LogP contribution in [0, 0.1) is 0 Å². The van der Waals surface area contributed by atoms with Crippen molar-refractivity contribution in [3.63, 3.8) is 0 Å². The van der Waals surface area contributed by atoms with Gasteiger partial charge in [0.25, 0.3) is 5.79 Å². The van der Waals surface area contributed by atoms with E-state index in [1.54, 1.807) is 6.20 Å². The van der Waals surface area contributed by atoms with E-state index in [-0.39, 0.29) is 6.42 Å². The lowest BCUT2D eigenvalue weighted by Crippen LogP contribution is -2.63. The van der Waals surface area contributed by atoms with Crippen molar-refractivity contribution in [3.8, 4) is 11.1 Å². The number of morpholine rings is 1. The second kappa shape index (κ2) is 10.2. The lowest BCUT2D eigenvalue weighted by Gasteiger charge is -2.42. The molecule has 2 aromatic carbocycles. The van der Waals surface area contributed by atoms with Gasteiger partial charge in [0.15, 0.2) is 0 Å². The lowest BCUT2D eigenvalue weighted by molar-refractivity contribution is -0.292. The van der Waals surface area contributed by atoms with Crippen LogP contribution in [0.2, 0.25) is 5.02 Å². The Balaban J connectivity index is 1.37. The van der Waals surface area contributed by atoms with Crippen LogP contribution in [0.25, 0.3) is 11.1 Å². The molecule has 5 rings (SSSR count). The number of hydrogen-bond donors (Lipinski definition) is 1. The topological polar surface area (TPSA) is 86.8 Å². The maximum Gasteiger partial charge on any atom is 0.333 e. The van der Waals surface area contributed by atoms with Crippen molar-refractivity contribution < 1.29 is 23.8 Å². The van der Waals surface area contributed by atoms with Gasteiger partial charge in [-0.2, -0.15) is 0 Å². The van der Waals surface area contributed by atoms with Crippen LogP contribution in [0.1, 0.15) is 5.56 Å². The summed E-state index contributed by atoms with van der Waals surface area (Å²) in [5, 5.41) is 4.59. The predicted molar refractivity (Wildman–Crippen MR) is 131 cm³/mol. The molecule has 0 bridgehead atoms. The second-order valence-electron chi connectivity index (χ2n) is 7.98. The second-order valence-corrected chi connectivity index (χ2v) is 9.47. The SMILES string of the molecule is O=C1/C=C/C(=O)O[C@]2(Cc3ccc(Sc4ncccc4-c4cccc(Cl)c4)cc3)OCCNC2O1. The Bertz CT molecular complexity index is 1280. The van der Waals surface area contributed by atoms with E-state index in [1.165, 1.54) is 11.8 Å². The third kappa shape index (κ3) is 5.41. The molecule has 3 aromatic rings. The van der Waals surface area contributed by atoms with Gasteiger partial charge in [-0.3, -0.25) is 5.32 Å². The number of esters is 2. The van der Waals surface area contributed by atoms with Gasteiger partial charge in [0.1, 0.15) is 5.03 Å². The van der Waals surface area contributed by atoms with E-state index in [0.717, 1.165) is 38.8 Å². The van der Waals surface area contributed by atoms with Crippen LogP contribution in [-0.2, 0) is 30.2 Å². The summed E-state index contributed by atoms with van der Waals surface area (Å²) in [6.45, 7) is 0.778. The molecule has 0 saturated carbocycles. The van der Waals surface area contributed by atoms with Gasteiger partial charge in [-0.25, -0.2) is 14.6 Å². The standard InChI is InChI=1S/C26H21ClN2O5S/c27-19-4-1-3-18(15-19)21-5-2-12-28-24(21)35-20-8-6-17(7-9-20)16-26-25(29-13-14-32-26)33-22(30)10-11-23(31)34-26/h1-12,15,25,29H,13-14,16H2/b11-10+/t25?,26-/m0/s1. The molecule has 0 aliphatic carbocycles. The number of fused-ring (bicyclic) bond motifs is 1. The number of ether oxygens (including phenoxy) is 3. The number of aromatic nitrogens is 1. The van der Waals surface area contributed by atoms with Gasteiger partial charge in [0.05, 0.1) is 6.61 Å². The highest BCUT2D eigenvalue weighted by Gasteiger charge is 2.49. The highest BCUT2D eigenvalue weighted by molar-refractivity contribution is 7.99. The van der Waals surface area contributed by atoms with Crippen LogP contribution in [0.4, 0.5) is 0 Å². The van der Waals surface area contributed by atoms with Crippen LogP contribution in [0.15, 0.2) is 88.9 Å². The molecule has 9 heteroatoms. The normalized spacial score (nSPS) is 22.8. The zero-order valence-electron chi connectivity index (χ0n) is 18.5. The highest BCUT2D eigenvalue weighted by Crippen LogP contribution is 2.36. The van der Waals surface area contributed by atoms with E-state index in [4.69, 9.17) is 25.8 Å². The fourth-order valence-electron chi connectivity index (χ4n) is 3.95. The van der Waals surface area contributed by atoms with Crippen molar-refractivity contribution in [2.45, 2.75) is 28.4 Å². The van der Waals surface area contributed by atoms with Gasteiger partial charge in [0.2, 0.25) is 6.23 Å². The minimum absolute atomic E-state index is 0.208. The molecule has 1 N–H and O–H groups in total. The van der Waals surface area contributed by atoms with E-state index in [9.17, 15) is 9.59 Å². The number of rotatable bonds is 5. The van der Waals surface area contributed by atoms with E-state index < -0.39 is 24.0 Å². The number of halogens is 1. The van der Waals surface area contributed by atoms with Crippen molar-refractivity contribution in [1.82, 2.24) is 10.3 Å². The Morgan fingerprint density at radius 3 is 2.71 bits per heavy atom. The van der Waals surface area contributed by atoms with E-state index >= 15 is 0 Å². The van der Waals surface area contributed by atoms with Crippen LogP contribution < -0.4 is 5.32 Å². The Morgan fingerprint density at radius 1 is 1.06 bits per heavy atom. The molecule has 35 heavy (non-hydrogen) atoms. The Kier molecular flexibility index (Phi) is 6.88. The van der Waals surface area contributed by atoms with Crippen molar-refractivity contribution in [2.75, 3.05) is 13.2 Å². The van der Waals surface area contributed by atoms with Crippen molar-refractivity contribution in [3.05, 3.63) is 89.6 Å². The van der Waals surface area contributed by atoms with Crippen molar-refractivity contribution in [2.24, 2.45) is 0 Å². The molecule has 1 fully saturated rings. The lowest BCUT2D eigenvalue weighted by atomic mass is 10.0. The molecular weight excluding hydrogens is 488 g/mol. The van der Waals surface area contributed by atoms with Gasteiger partial charge in [-0.05, 0) is 41.5 Å². The van der Waals surface area contributed by atoms with Gasteiger partial charge >= 0.3 is 11.9 Å². The van der Waals surface area contributed by atoms with Crippen molar-refractivity contribution >= 4 is 35.3 Å². The third-order valence-electron chi connectivity index (χ3n) is 5.54. The first-order valence-corrected chi connectivity index (χ1v) is 12.2. The Labute approximate surface area is 211 Å². The minimum atomic E-state index is -1.45. The number of carbonyl (C=O) groups is 2. The fraction of sp³-hybridized carbons (Fsp3) is 0.192. The Hall–Kier alpha value is -3.17. The molecule has 2 atom stereocenters. The molecule has 2 aliphatic rings. The van der Waals surface area contributed by atoms with Gasteiger partial charge in [-0.1, -0.05) is 53.7 Å². The molecule has 3 heterocycles. The summed E-state index contributed by atoms with van der Waals surface area (Å²) < 4.78 is 16.9. The molecule has 1 unspecified atom stereocenters. The number of nitrogens with one attached hydrogen (secondary N) is 1. The number of benzene rings is 2. The average molecular weight is 509 g/mol. The van der Waals surface area contributed by atoms with E-state index in [2.05, 4.69) is 10.3 Å². The van der Waals surface area contributed by atoms with Gasteiger partial charge in [-0.15, -0.1) is 0 Å². The molecule has 0 spiro atoms. The summed E-state index contributed by atoms with van der Waals surface area (Å²) in [7, 11) is 0. The highest BCUT2D eigenvalue weighted by atomic mass is 35.5. The van der Waals surface area contributed by atoms with Crippen LogP contribution in [-0.4, -0.2) is 42.1 Å². The summed E-state index contributed by atoms with van der Waals surface area (Å²) in [6.07, 6.45) is 3.14. The number of pyridine rings is 1. The molecule has 0 radical (unpaired) electrons. The fourth-order valence-corrected chi connectivity index (χ4v) is 5.05. The quantitative estimate of drug-likeness (QED) is 0.508. The van der Waals surface area contributed by atoms with Crippen LogP contribution in [0.5, 0.6) is 0 Å². The zero-order chi connectivity index (χ0) is 24.3. The summed E-state index contributed by atoms with van der Waals surface area (Å²) in [4.78, 5) is 29.7. The molecule has 178 valence electrons. The van der Waals surface area contributed by atoms with Crippen LogP contribution in [0.3, 0.4) is 0 Å².